The van der Waals surface area contributed by atoms with Crippen LogP contribution in [-0.2, 0) is 51.4 Å². The van der Waals surface area contributed by atoms with Crippen molar-refractivity contribution in [1.29, 1.82) is 10.5 Å². The molecule has 9 N–H and O–H groups in total. The molecule has 0 atom stereocenters. The van der Waals surface area contributed by atoms with E-state index in [9.17, 15) is 127 Å². The monoisotopic (exact) mass is 2050 g/mol. The summed E-state index contributed by atoms with van der Waals surface area (Å²) < 4.78 is 291. The summed E-state index contributed by atoms with van der Waals surface area (Å²) in [5.74, 6) is -11.9. The van der Waals surface area contributed by atoms with Crippen LogP contribution in [0.15, 0.2) is 188 Å². The Kier molecular flexibility index (Phi) is 32.5. The SMILES string of the molecule is CCn1nc(C(F)(F)F)cc1-c1ccc(C(=O)Nc2c(F)cccc2F)cc1C#N.CCn1nc(C(F)(F)F)cc1-c1ccc(C(=O)Nc2c(F)cccc2F)cc1N.CCn1nc(C(F)(F)F)cc1-c1ccc(C(=O)Nc2ccc(C)c(F)c2F)cc1C#N.Cc1nnsc1NC(=O)c1ccc(-c2cc(C(F)(F)F)nn2C(C)C)c(F)c1.Cn1nc(C2CC2)cc1-c1ccc(C(=O)Nc2c(F)cccc2F)cc1N. The van der Waals surface area contributed by atoms with E-state index in [0.29, 0.717) is 22.3 Å². The highest BCUT2D eigenvalue weighted by Crippen LogP contribution is 2.44. The van der Waals surface area contributed by atoms with Gasteiger partial charge in [-0.05, 0) is 219 Å². The van der Waals surface area contributed by atoms with E-state index in [1.54, 1.807) is 58.4 Å². The van der Waals surface area contributed by atoms with Crippen LogP contribution in [0.1, 0.15) is 162 Å². The van der Waals surface area contributed by atoms with Gasteiger partial charge < -0.3 is 38.1 Å². The molecule has 145 heavy (non-hydrogen) atoms. The van der Waals surface area contributed by atoms with E-state index in [4.69, 9.17) is 11.5 Å². The highest BCUT2D eigenvalue weighted by atomic mass is 32.1. The summed E-state index contributed by atoms with van der Waals surface area (Å²) in [6.07, 6.45) is -16.3. The largest absolute Gasteiger partial charge is 0.435 e. The molecule has 16 rings (SSSR count). The minimum atomic E-state index is -4.66. The van der Waals surface area contributed by atoms with Crippen molar-refractivity contribution < 1.29 is 116 Å². The number of nitrogen functional groups attached to an aromatic ring is 2. The van der Waals surface area contributed by atoms with Crippen LogP contribution in [0, 0.1) is 88.9 Å². The molecule has 1 fully saturated rings. The summed E-state index contributed by atoms with van der Waals surface area (Å²) >= 11 is 0.982. The van der Waals surface area contributed by atoms with Gasteiger partial charge >= 0.3 is 24.7 Å². The van der Waals surface area contributed by atoms with Crippen LogP contribution in [-0.4, -0.2) is 88.0 Å². The Morgan fingerprint density at radius 2 is 0.752 bits per heavy atom. The van der Waals surface area contributed by atoms with Gasteiger partial charge in [0.05, 0.1) is 68.8 Å². The molecule has 15 aromatic rings. The fourth-order valence-corrected chi connectivity index (χ4v) is 14.7. The maximum atomic E-state index is 14.7. The van der Waals surface area contributed by atoms with Crippen LogP contribution in [0.4, 0.5) is 131 Å². The van der Waals surface area contributed by atoms with Crippen LogP contribution < -0.4 is 38.1 Å². The molecule has 1 saturated carbocycles. The van der Waals surface area contributed by atoms with Crippen LogP contribution in [0.5, 0.6) is 0 Å². The molecule has 9 aromatic carbocycles. The van der Waals surface area contributed by atoms with Crippen molar-refractivity contribution in [3.05, 3.63) is 319 Å². The lowest BCUT2D eigenvalue weighted by Crippen LogP contribution is -2.14. The first kappa shape index (κ1) is 107. The number of nitrogens with two attached hydrogens (primary N) is 2. The van der Waals surface area contributed by atoms with Crippen LogP contribution in [0.25, 0.3) is 56.3 Å². The fourth-order valence-electron chi connectivity index (χ4n) is 14.1. The van der Waals surface area contributed by atoms with Gasteiger partial charge in [-0.3, -0.25) is 47.4 Å². The van der Waals surface area contributed by atoms with Crippen LogP contribution in [0.2, 0.25) is 0 Å². The maximum Gasteiger partial charge on any atom is 0.435 e. The van der Waals surface area contributed by atoms with Crippen molar-refractivity contribution >= 4 is 80.2 Å². The van der Waals surface area contributed by atoms with Crippen molar-refractivity contribution in [3.63, 3.8) is 0 Å². The Morgan fingerprint density at radius 3 is 1.10 bits per heavy atom. The molecule has 0 radical (unpaired) electrons. The molecule has 6 heterocycles. The first-order valence-corrected chi connectivity index (χ1v) is 43.6. The van der Waals surface area contributed by atoms with E-state index < -0.39 is 152 Å². The molecule has 1 aliphatic carbocycles. The molecule has 6 aromatic heterocycles. The van der Waals surface area contributed by atoms with Gasteiger partial charge in [0, 0.05) is 117 Å². The Hall–Kier alpha value is -17.0. The maximum absolute atomic E-state index is 14.7. The third-order valence-corrected chi connectivity index (χ3v) is 22.3. The predicted octanol–water partition coefficient (Wildman–Crippen LogP) is 23.8. The molecular formula is C97H76F21N21O5S. The average Bonchev–Trinajstić information content (AvgIpc) is 1.72. The number of halogens is 21. The molecule has 48 heteroatoms. The summed E-state index contributed by atoms with van der Waals surface area (Å²) in [7, 11) is 1.85. The number of rotatable bonds is 20. The summed E-state index contributed by atoms with van der Waals surface area (Å²) in [5.41, 5.74) is 9.76. The number of aryl methyl sites for hydroxylation is 6. The van der Waals surface area contributed by atoms with E-state index in [0.717, 1.165) is 151 Å². The Bertz CT molecular complexity index is 7480. The van der Waals surface area contributed by atoms with E-state index >= 15 is 0 Å². The standard InChI is InChI=1S/C21H15F5N4O.C20H13F5N4O.C20H18F2N4O.C19H15F5N4O.C17H15F4N5OS/c1-3-30-16(9-17(29-30)21(24,25)26)14-6-5-12(8-13(14)10-27)20(31)28-15-7-4-11(2)18(22)19(15)23;1-2-29-16(9-17(28-29)20(23,24)25)13-7-6-11(8-12(13)10-26)19(30)27-18-14(21)4-3-5-15(18)22;1-26-18(10-17(25-26)11-5-6-11)13-8-7-12(9-16(13)23)20(27)24-19-14(21)3-2-4-15(19)22;1-2-28-15(9-16(27-28)19(22,23)24)11-7-6-10(8-14(11)25)18(29)26-17-12(20)4-3-5-13(17)21;1-8(2)26-13(7-14(24-26)17(19,20)21)11-5-4-10(6-12(11)18)15(27)22-16-9(3)23-25-28-16/h4-9H,3H2,1-2H3,(H,28,31);3-9H,2H2,1H3,(H,27,30);2-4,7-11H,5-6,23H2,1H3,(H,24,27);3-9H,2,25H2,1H3,(H,26,29);4-8H,1-3H3,(H,22,27). The Balaban J connectivity index is 0.000000161. The number of nitrogens with one attached hydrogen (secondary N) is 5. The summed E-state index contributed by atoms with van der Waals surface area (Å²) in [4.78, 5) is 61.8. The number of hydrogen-bond acceptors (Lipinski definition) is 17. The minimum absolute atomic E-state index is 0.00924. The molecule has 26 nitrogen and oxygen atoms in total. The lowest BCUT2D eigenvalue weighted by molar-refractivity contribution is -0.142. The molecule has 5 amide bonds. The third kappa shape index (κ3) is 25.0. The average molecular weight is 2050 g/mol. The minimum Gasteiger partial charge on any atom is -0.398 e. The molecule has 0 bridgehead atoms. The van der Waals surface area contributed by atoms with Gasteiger partial charge in [-0.15, -0.1) is 5.10 Å². The van der Waals surface area contributed by atoms with Gasteiger partial charge in [-0.2, -0.15) is 88.7 Å². The fraction of sp³-hybridized carbons (Fsp3) is 0.196. The lowest BCUT2D eigenvalue weighted by atomic mass is 10.0. The van der Waals surface area contributed by atoms with Gasteiger partial charge in [0.2, 0.25) is 0 Å². The summed E-state index contributed by atoms with van der Waals surface area (Å²) in [6, 6.07) is 40.2. The van der Waals surface area contributed by atoms with Gasteiger partial charge in [0.25, 0.3) is 29.5 Å². The normalized spacial score (nSPS) is 11.9. The van der Waals surface area contributed by atoms with Crippen molar-refractivity contribution in [2.45, 2.75) is 118 Å². The molecule has 0 aliphatic heterocycles. The van der Waals surface area contributed by atoms with E-state index in [1.807, 2.05) is 25.3 Å². The number of carbonyl (C=O) groups excluding carboxylic acids is 5. The van der Waals surface area contributed by atoms with Crippen molar-refractivity contribution in [1.82, 2.24) is 58.5 Å². The number of benzene rings is 9. The number of para-hydroxylation sites is 3. The molecular weight excluding hydrogens is 1970 g/mol. The second-order valence-electron chi connectivity index (χ2n) is 31.8. The first-order valence-electron chi connectivity index (χ1n) is 42.8. The first-order chi connectivity index (χ1) is 68.3. The van der Waals surface area contributed by atoms with Crippen LogP contribution in [0.3, 0.4) is 0 Å². The highest BCUT2D eigenvalue weighted by Gasteiger charge is 2.40. The number of amides is 5. The third-order valence-electron chi connectivity index (χ3n) is 21.6. The number of nitrogens with zero attached hydrogens (tertiary/aromatic N) is 14. The molecule has 752 valence electrons. The lowest BCUT2D eigenvalue weighted by Gasteiger charge is -2.12. The highest BCUT2D eigenvalue weighted by molar-refractivity contribution is 7.10. The Labute approximate surface area is 811 Å². The smallest absolute Gasteiger partial charge is 0.398 e. The molecule has 0 unspecified atom stereocenters. The quantitative estimate of drug-likeness (QED) is 0.0275. The number of hydrogen-bond donors (Lipinski definition) is 7. The van der Waals surface area contributed by atoms with E-state index in [-0.39, 0.29) is 121 Å². The number of anilines is 7. The second kappa shape index (κ2) is 44.1. The van der Waals surface area contributed by atoms with Gasteiger partial charge in [-0.1, -0.05) is 40.9 Å². The van der Waals surface area contributed by atoms with Gasteiger partial charge in [0.1, 0.15) is 62.8 Å². The van der Waals surface area contributed by atoms with Crippen molar-refractivity contribution in [2.24, 2.45) is 7.05 Å². The number of carbonyl (C=O) groups is 5. The topological polar surface area (TPSA) is 360 Å². The zero-order valence-electron chi connectivity index (χ0n) is 76.4. The van der Waals surface area contributed by atoms with Crippen molar-refractivity contribution in [2.75, 3.05) is 38.1 Å². The number of aromatic nitrogens is 12. The Morgan fingerprint density at radius 1 is 0.407 bits per heavy atom. The van der Waals surface area contributed by atoms with Crippen LogP contribution >= 0.6 is 11.5 Å². The van der Waals surface area contributed by atoms with E-state index in [1.165, 1.54) is 85.8 Å². The predicted molar refractivity (Wildman–Crippen MR) is 491 cm³/mol. The van der Waals surface area contributed by atoms with E-state index in [2.05, 4.69) is 61.7 Å². The number of alkyl halides is 12. The molecule has 0 saturated heterocycles. The molecule has 0 spiro atoms. The second-order valence-corrected chi connectivity index (χ2v) is 32.6. The summed E-state index contributed by atoms with van der Waals surface area (Å²) in [6.45, 7) is 11.5. The zero-order valence-corrected chi connectivity index (χ0v) is 77.2. The number of nitriles is 2. The van der Waals surface area contributed by atoms with Gasteiger partial charge in [-0.25, -0.2) is 39.5 Å². The van der Waals surface area contributed by atoms with Gasteiger partial charge in [0.15, 0.2) is 34.4 Å². The zero-order chi connectivity index (χ0) is 106. The van der Waals surface area contributed by atoms with Crippen molar-refractivity contribution in [3.8, 4) is 68.4 Å². The molecule has 1 aliphatic rings. The summed E-state index contributed by atoms with van der Waals surface area (Å²) in [5, 5.41) is 53.0.